The molecule has 0 saturated carbocycles. The molecule has 0 aromatic carbocycles. The molecule has 0 aliphatic rings. The second-order valence-electron chi connectivity index (χ2n) is 2.72. The molecule has 0 spiro atoms. The van der Waals surface area contributed by atoms with Crippen LogP contribution in [0.3, 0.4) is 0 Å². The quantitative estimate of drug-likeness (QED) is 0.250. The van der Waals surface area contributed by atoms with E-state index >= 15 is 0 Å². The van der Waals surface area contributed by atoms with Gasteiger partial charge >= 0.3 is 5.97 Å². The van der Waals surface area contributed by atoms with Gasteiger partial charge in [-0.3, -0.25) is 4.79 Å². The summed E-state index contributed by atoms with van der Waals surface area (Å²) in [7, 11) is 0. The molecule has 74 valence electrons. The molecule has 0 aromatic rings. The van der Waals surface area contributed by atoms with Gasteiger partial charge in [-0.15, -0.1) is 5.10 Å². The summed E-state index contributed by atoms with van der Waals surface area (Å²) in [5, 5.41) is 14.7. The molecule has 0 heterocycles. The second-order valence-corrected chi connectivity index (χ2v) is 2.72. The summed E-state index contributed by atoms with van der Waals surface area (Å²) >= 11 is 0. The number of nitrogens with one attached hydrogen (secondary N) is 1. The van der Waals surface area contributed by atoms with Crippen molar-refractivity contribution in [3.8, 4) is 0 Å². The molecule has 0 radical (unpaired) electrons. The summed E-state index contributed by atoms with van der Waals surface area (Å²) in [5.41, 5.74) is 11.7. The number of carboxylic acids is 1. The number of aliphatic carboxylic acids is 1. The lowest BCUT2D eigenvalue weighted by molar-refractivity contribution is -0.141. The van der Waals surface area contributed by atoms with E-state index in [1.165, 1.54) is 0 Å². The average molecular weight is 186 g/mol. The van der Waals surface area contributed by atoms with Gasteiger partial charge in [0.05, 0.1) is 5.92 Å². The van der Waals surface area contributed by atoms with Gasteiger partial charge in [-0.25, -0.2) is 0 Å². The first kappa shape index (κ1) is 11.5. The molecule has 0 aromatic heterocycles. The third kappa shape index (κ3) is 4.89. The third-order valence-electron chi connectivity index (χ3n) is 1.62. The summed E-state index contributed by atoms with van der Waals surface area (Å²) in [6, 6.07) is 0. The predicted molar refractivity (Wildman–Crippen MR) is 47.4 cm³/mol. The molecule has 0 fully saturated rings. The lowest BCUT2D eigenvalue weighted by Crippen LogP contribution is -2.22. The Bertz CT molecular complexity index is 215. The van der Waals surface area contributed by atoms with E-state index in [1.54, 1.807) is 0 Å². The summed E-state index contributed by atoms with van der Waals surface area (Å²) in [6.45, 7) is 1.90. The van der Waals surface area contributed by atoms with E-state index in [0.717, 1.165) is 6.42 Å². The Balaban J connectivity index is 4.16. The Labute approximate surface area is 76.3 Å². The van der Waals surface area contributed by atoms with Crippen LogP contribution in [0.1, 0.15) is 26.2 Å². The third-order valence-corrected chi connectivity index (χ3v) is 1.62. The molecule has 0 saturated heterocycles. The van der Waals surface area contributed by atoms with Gasteiger partial charge in [0.1, 0.15) is 5.84 Å². The van der Waals surface area contributed by atoms with Gasteiger partial charge < -0.3 is 10.8 Å². The zero-order chi connectivity index (χ0) is 10.3. The molecule has 1 atom stereocenters. The zero-order valence-corrected chi connectivity index (χ0v) is 7.53. The van der Waals surface area contributed by atoms with Crippen LogP contribution in [0, 0.1) is 11.4 Å². The fraction of sp³-hybridized carbons (Fsp3) is 0.714. The standard InChI is InChI=1S/C7H14N4O2/c1-2-3-5(7(12)13)4-6(8)10-11-9/h5H,2-4H2,1H3,(H,12,13)(H3,8,9,10). The van der Waals surface area contributed by atoms with Crippen LogP contribution in [0.4, 0.5) is 0 Å². The molecular weight excluding hydrogens is 172 g/mol. The average Bonchev–Trinajstić information content (AvgIpc) is 2.04. The number of carbonyl (C=O) groups is 1. The number of carboxylic acid groups (broad SMARTS) is 1. The normalized spacial score (nSPS) is 13.8. The molecule has 6 nitrogen and oxygen atoms in total. The monoisotopic (exact) mass is 186 g/mol. The Morgan fingerprint density at radius 2 is 2.31 bits per heavy atom. The van der Waals surface area contributed by atoms with Crippen LogP contribution >= 0.6 is 0 Å². The van der Waals surface area contributed by atoms with Crippen LogP contribution in [0.2, 0.25) is 0 Å². The molecule has 13 heavy (non-hydrogen) atoms. The molecule has 6 heteroatoms. The smallest absolute Gasteiger partial charge is 0.306 e. The Morgan fingerprint density at radius 3 is 2.69 bits per heavy atom. The topological polar surface area (TPSA) is 112 Å². The van der Waals surface area contributed by atoms with E-state index in [0.29, 0.717) is 6.42 Å². The molecule has 0 rings (SSSR count). The van der Waals surface area contributed by atoms with Crippen molar-refractivity contribution in [2.45, 2.75) is 26.2 Å². The number of hydrogen-bond acceptors (Lipinski definition) is 3. The highest BCUT2D eigenvalue weighted by atomic mass is 16.4. The van der Waals surface area contributed by atoms with E-state index in [2.05, 4.69) is 10.3 Å². The molecule has 0 amide bonds. The van der Waals surface area contributed by atoms with Gasteiger partial charge in [-0.1, -0.05) is 18.6 Å². The first-order valence-electron chi connectivity index (χ1n) is 4.03. The minimum Gasteiger partial charge on any atom is -0.481 e. The van der Waals surface area contributed by atoms with Crippen molar-refractivity contribution in [2.24, 2.45) is 22.0 Å². The SMILES string of the molecule is CCCC(CC(N)=NN=N)C(=O)O. The van der Waals surface area contributed by atoms with Gasteiger partial charge in [-0.2, -0.15) is 5.53 Å². The van der Waals surface area contributed by atoms with Crippen molar-refractivity contribution in [2.75, 3.05) is 0 Å². The van der Waals surface area contributed by atoms with Crippen LogP contribution in [0.5, 0.6) is 0 Å². The maximum atomic E-state index is 10.6. The highest BCUT2D eigenvalue weighted by Gasteiger charge is 2.17. The molecule has 0 aliphatic carbocycles. The van der Waals surface area contributed by atoms with E-state index in [9.17, 15) is 4.79 Å². The van der Waals surface area contributed by atoms with Gasteiger partial charge in [0.15, 0.2) is 0 Å². The molecule has 1 unspecified atom stereocenters. The fourth-order valence-corrected chi connectivity index (χ4v) is 1.02. The van der Waals surface area contributed by atoms with Gasteiger partial charge in [0.25, 0.3) is 0 Å². The van der Waals surface area contributed by atoms with E-state index in [4.69, 9.17) is 16.4 Å². The maximum Gasteiger partial charge on any atom is 0.306 e. The summed E-state index contributed by atoms with van der Waals surface area (Å²) in [5.74, 6) is -1.31. The lowest BCUT2D eigenvalue weighted by atomic mass is 10.00. The molecule has 0 bridgehead atoms. The minimum absolute atomic E-state index is 0.0934. The van der Waals surface area contributed by atoms with Crippen LogP contribution in [-0.4, -0.2) is 16.9 Å². The Morgan fingerprint density at radius 1 is 1.69 bits per heavy atom. The molecule has 4 N–H and O–H groups in total. The van der Waals surface area contributed by atoms with Crippen LogP contribution < -0.4 is 5.73 Å². The van der Waals surface area contributed by atoms with Crippen LogP contribution in [-0.2, 0) is 4.79 Å². The largest absolute Gasteiger partial charge is 0.481 e. The van der Waals surface area contributed by atoms with E-state index in [-0.39, 0.29) is 12.3 Å². The summed E-state index contributed by atoms with van der Waals surface area (Å²) in [6.07, 6.45) is 1.50. The van der Waals surface area contributed by atoms with E-state index in [1.807, 2.05) is 6.92 Å². The number of nitrogens with two attached hydrogens (primary N) is 1. The first-order valence-corrected chi connectivity index (χ1v) is 4.03. The van der Waals surface area contributed by atoms with Gasteiger partial charge in [-0.05, 0) is 6.42 Å². The Hall–Kier alpha value is -1.46. The van der Waals surface area contributed by atoms with Crippen molar-refractivity contribution in [3.63, 3.8) is 0 Å². The maximum absolute atomic E-state index is 10.6. The van der Waals surface area contributed by atoms with Crippen molar-refractivity contribution in [1.29, 1.82) is 5.53 Å². The lowest BCUT2D eigenvalue weighted by Gasteiger charge is -2.08. The number of hydrogen-bond donors (Lipinski definition) is 3. The number of nitrogens with zero attached hydrogens (tertiary/aromatic N) is 2. The summed E-state index contributed by atoms with van der Waals surface area (Å²) < 4.78 is 0. The fourth-order valence-electron chi connectivity index (χ4n) is 1.02. The van der Waals surface area contributed by atoms with Gasteiger partial charge in [0, 0.05) is 6.42 Å². The highest BCUT2D eigenvalue weighted by Crippen LogP contribution is 2.11. The number of amidine groups is 1. The van der Waals surface area contributed by atoms with Crippen molar-refractivity contribution < 1.29 is 9.90 Å². The second kappa shape index (κ2) is 6.10. The van der Waals surface area contributed by atoms with Crippen molar-refractivity contribution in [3.05, 3.63) is 0 Å². The van der Waals surface area contributed by atoms with Crippen molar-refractivity contribution >= 4 is 11.8 Å². The number of rotatable bonds is 6. The van der Waals surface area contributed by atoms with Crippen LogP contribution in [0.15, 0.2) is 10.3 Å². The summed E-state index contributed by atoms with van der Waals surface area (Å²) in [4.78, 5) is 10.6. The molecule has 0 aliphatic heterocycles. The van der Waals surface area contributed by atoms with Crippen LogP contribution in [0.25, 0.3) is 0 Å². The Kier molecular flexibility index (Phi) is 5.42. The predicted octanol–water partition coefficient (Wildman–Crippen LogP) is 1.18. The van der Waals surface area contributed by atoms with Gasteiger partial charge in [0.2, 0.25) is 0 Å². The first-order chi connectivity index (χ1) is 6.11. The van der Waals surface area contributed by atoms with E-state index < -0.39 is 11.9 Å². The molecular formula is C7H14N4O2. The van der Waals surface area contributed by atoms with Crippen molar-refractivity contribution in [1.82, 2.24) is 0 Å². The highest BCUT2D eigenvalue weighted by molar-refractivity contribution is 5.84. The minimum atomic E-state index is -0.884. The zero-order valence-electron chi connectivity index (χ0n) is 7.53.